The maximum Gasteiger partial charge on any atom is 0.289 e. The topological polar surface area (TPSA) is 78.9 Å². The van der Waals surface area contributed by atoms with Crippen molar-refractivity contribution in [2.45, 2.75) is 13.5 Å². The molecule has 8 nitrogen and oxygen atoms in total. The number of amides is 1. The lowest BCUT2D eigenvalue weighted by Crippen LogP contribution is -2.53. The minimum absolute atomic E-state index is 0. The van der Waals surface area contributed by atoms with E-state index in [1.54, 1.807) is 18.3 Å². The van der Waals surface area contributed by atoms with Crippen molar-refractivity contribution in [3.8, 4) is 0 Å². The van der Waals surface area contributed by atoms with Crippen molar-refractivity contribution < 1.29 is 9.21 Å². The third kappa shape index (κ3) is 5.23. The van der Waals surface area contributed by atoms with Crippen LogP contribution in [0.15, 0.2) is 46.3 Å². The number of nitrogens with zero attached hydrogens (tertiary/aromatic N) is 5. The maximum atomic E-state index is 12.3. The van der Waals surface area contributed by atoms with Gasteiger partial charge in [-0.3, -0.25) is 14.5 Å². The number of aliphatic imine (C=N–C) groups is 1. The van der Waals surface area contributed by atoms with Crippen molar-refractivity contribution in [2.24, 2.45) is 4.99 Å². The van der Waals surface area contributed by atoms with Crippen LogP contribution < -0.4 is 5.32 Å². The normalized spacial score (nSPS) is 14.9. The second kappa shape index (κ2) is 10.2. The minimum atomic E-state index is -0.0507. The zero-order valence-electron chi connectivity index (χ0n) is 14.9. The van der Waals surface area contributed by atoms with E-state index in [-0.39, 0.29) is 29.9 Å². The molecule has 1 saturated heterocycles. The van der Waals surface area contributed by atoms with E-state index in [2.05, 4.69) is 27.2 Å². The highest BCUT2D eigenvalue weighted by molar-refractivity contribution is 14.0. The molecule has 0 unspecified atom stereocenters. The number of carbonyl (C=O) groups is 1. The standard InChI is InChI=1S/C17H24N6O2.HI/c1-2-18-17(19-7-9-23-8-4-6-20-23)22-12-10-21(11-13-22)16(24)15-5-3-14-25-15;/h3-6,8,14H,2,7,9-13H2,1H3,(H,18,19);1H. The van der Waals surface area contributed by atoms with E-state index in [4.69, 9.17) is 4.42 Å². The molecule has 0 saturated carbocycles. The first-order valence-corrected chi connectivity index (χ1v) is 8.61. The summed E-state index contributed by atoms with van der Waals surface area (Å²) in [5.74, 6) is 1.23. The van der Waals surface area contributed by atoms with Gasteiger partial charge in [-0.15, -0.1) is 24.0 Å². The van der Waals surface area contributed by atoms with Gasteiger partial charge in [0.05, 0.1) is 19.4 Å². The Balaban J connectivity index is 0.00000243. The van der Waals surface area contributed by atoms with Gasteiger partial charge in [0, 0.05) is 45.1 Å². The molecule has 0 aliphatic carbocycles. The molecule has 9 heteroatoms. The van der Waals surface area contributed by atoms with Crippen LogP contribution in [0.5, 0.6) is 0 Å². The molecule has 0 spiro atoms. The van der Waals surface area contributed by atoms with Gasteiger partial charge < -0.3 is 19.5 Å². The third-order valence-electron chi connectivity index (χ3n) is 4.08. The minimum Gasteiger partial charge on any atom is -0.459 e. The molecular formula is C17H25IN6O2. The molecule has 3 heterocycles. The van der Waals surface area contributed by atoms with Gasteiger partial charge in [-0.25, -0.2) is 0 Å². The Morgan fingerprint density at radius 1 is 1.27 bits per heavy atom. The second-order valence-corrected chi connectivity index (χ2v) is 5.76. The van der Waals surface area contributed by atoms with E-state index in [1.165, 1.54) is 6.26 Å². The highest BCUT2D eigenvalue weighted by Crippen LogP contribution is 2.09. The summed E-state index contributed by atoms with van der Waals surface area (Å²) in [4.78, 5) is 21.0. The first-order chi connectivity index (χ1) is 12.3. The second-order valence-electron chi connectivity index (χ2n) is 5.76. The third-order valence-corrected chi connectivity index (χ3v) is 4.08. The highest BCUT2D eigenvalue weighted by Gasteiger charge is 2.25. The van der Waals surface area contributed by atoms with Crippen molar-refractivity contribution in [2.75, 3.05) is 39.3 Å². The van der Waals surface area contributed by atoms with Gasteiger partial charge in [0.15, 0.2) is 11.7 Å². The van der Waals surface area contributed by atoms with Crippen LogP contribution in [0.4, 0.5) is 0 Å². The Hall–Kier alpha value is -2.04. The monoisotopic (exact) mass is 472 g/mol. The summed E-state index contributed by atoms with van der Waals surface area (Å²) in [6.45, 7) is 7.09. The van der Waals surface area contributed by atoms with E-state index in [1.807, 2.05) is 21.8 Å². The molecule has 3 rings (SSSR count). The van der Waals surface area contributed by atoms with Crippen LogP contribution in [0.1, 0.15) is 17.5 Å². The summed E-state index contributed by atoms with van der Waals surface area (Å²) in [6, 6.07) is 5.35. The van der Waals surface area contributed by atoms with Crippen LogP contribution in [-0.4, -0.2) is 70.7 Å². The van der Waals surface area contributed by atoms with Crippen LogP contribution in [0.3, 0.4) is 0 Å². The molecule has 1 aliphatic heterocycles. The molecule has 26 heavy (non-hydrogen) atoms. The molecule has 1 fully saturated rings. The summed E-state index contributed by atoms with van der Waals surface area (Å²) in [7, 11) is 0. The van der Waals surface area contributed by atoms with Crippen molar-refractivity contribution in [1.82, 2.24) is 24.9 Å². The highest BCUT2D eigenvalue weighted by atomic mass is 127. The molecule has 0 atom stereocenters. The van der Waals surface area contributed by atoms with Gasteiger partial charge in [0.25, 0.3) is 5.91 Å². The lowest BCUT2D eigenvalue weighted by atomic mass is 10.3. The van der Waals surface area contributed by atoms with E-state index in [9.17, 15) is 4.79 Å². The number of halogens is 1. The lowest BCUT2D eigenvalue weighted by molar-refractivity contribution is 0.0657. The molecule has 1 amide bonds. The van der Waals surface area contributed by atoms with Crippen LogP contribution in [-0.2, 0) is 6.54 Å². The summed E-state index contributed by atoms with van der Waals surface area (Å²) in [6.07, 6.45) is 5.23. The SMILES string of the molecule is CCNC(=NCCn1cccn1)N1CCN(C(=O)c2ccco2)CC1.I. The van der Waals surface area contributed by atoms with Gasteiger partial charge in [-0.1, -0.05) is 0 Å². The zero-order valence-corrected chi connectivity index (χ0v) is 17.2. The molecule has 1 aliphatic rings. The van der Waals surface area contributed by atoms with Gasteiger partial charge in [-0.05, 0) is 25.1 Å². The number of aromatic nitrogens is 2. The average Bonchev–Trinajstić information content (AvgIpc) is 3.34. The largest absolute Gasteiger partial charge is 0.459 e. The first kappa shape index (κ1) is 20.3. The molecule has 2 aromatic heterocycles. The van der Waals surface area contributed by atoms with Crippen LogP contribution in [0, 0.1) is 0 Å². The van der Waals surface area contributed by atoms with E-state index in [0.717, 1.165) is 32.1 Å². The van der Waals surface area contributed by atoms with Gasteiger partial charge in [0.1, 0.15) is 0 Å². The Kier molecular flexibility index (Phi) is 7.95. The van der Waals surface area contributed by atoms with E-state index >= 15 is 0 Å². The number of rotatable bonds is 5. The molecule has 0 bridgehead atoms. The molecule has 1 N–H and O–H groups in total. The van der Waals surface area contributed by atoms with Crippen molar-refractivity contribution in [3.63, 3.8) is 0 Å². The van der Waals surface area contributed by atoms with Crippen LogP contribution in [0.25, 0.3) is 0 Å². The molecular weight excluding hydrogens is 447 g/mol. The smallest absolute Gasteiger partial charge is 0.289 e. The maximum absolute atomic E-state index is 12.3. The molecule has 2 aromatic rings. The number of carbonyl (C=O) groups excluding carboxylic acids is 1. The Bertz CT molecular complexity index is 678. The van der Waals surface area contributed by atoms with E-state index in [0.29, 0.717) is 25.4 Å². The summed E-state index contributed by atoms with van der Waals surface area (Å²) >= 11 is 0. The number of nitrogens with one attached hydrogen (secondary N) is 1. The predicted octanol–water partition coefficient (Wildman–Crippen LogP) is 1.52. The number of guanidine groups is 1. The fourth-order valence-corrected chi connectivity index (χ4v) is 2.79. The molecule has 0 aromatic carbocycles. The van der Waals surface area contributed by atoms with Crippen LogP contribution in [0.2, 0.25) is 0 Å². The quantitative estimate of drug-likeness (QED) is 0.406. The number of hydrogen-bond acceptors (Lipinski definition) is 4. The summed E-state index contributed by atoms with van der Waals surface area (Å²) < 4.78 is 7.07. The predicted molar refractivity (Wildman–Crippen MR) is 110 cm³/mol. The van der Waals surface area contributed by atoms with Crippen molar-refractivity contribution in [1.29, 1.82) is 0 Å². The Morgan fingerprint density at radius 2 is 2.04 bits per heavy atom. The summed E-state index contributed by atoms with van der Waals surface area (Å²) in [5, 5.41) is 7.51. The summed E-state index contributed by atoms with van der Waals surface area (Å²) in [5.41, 5.74) is 0. The fraction of sp³-hybridized carbons (Fsp3) is 0.471. The van der Waals surface area contributed by atoms with Crippen molar-refractivity contribution >= 4 is 35.8 Å². The number of hydrogen-bond donors (Lipinski definition) is 1. The zero-order chi connectivity index (χ0) is 17.5. The average molecular weight is 472 g/mol. The fourth-order valence-electron chi connectivity index (χ4n) is 2.79. The van der Waals surface area contributed by atoms with E-state index < -0.39 is 0 Å². The van der Waals surface area contributed by atoms with Gasteiger partial charge in [-0.2, -0.15) is 5.10 Å². The first-order valence-electron chi connectivity index (χ1n) is 8.61. The van der Waals surface area contributed by atoms with Gasteiger partial charge in [0.2, 0.25) is 0 Å². The molecule has 142 valence electrons. The lowest BCUT2D eigenvalue weighted by Gasteiger charge is -2.36. The van der Waals surface area contributed by atoms with Crippen molar-refractivity contribution in [3.05, 3.63) is 42.6 Å². The number of furan rings is 1. The molecule has 0 radical (unpaired) electrons. The number of piperazine rings is 1. The Labute approximate surface area is 170 Å². The van der Waals surface area contributed by atoms with Crippen LogP contribution >= 0.6 is 24.0 Å². The van der Waals surface area contributed by atoms with Gasteiger partial charge >= 0.3 is 0 Å². The Morgan fingerprint density at radius 3 is 2.65 bits per heavy atom.